The van der Waals surface area contributed by atoms with Gasteiger partial charge in [0.15, 0.2) is 0 Å². The number of nitrogens with zero attached hydrogens (tertiary/aromatic N) is 3. The molecule has 7 nitrogen and oxygen atoms in total. The van der Waals surface area contributed by atoms with Crippen molar-refractivity contribution in [3.63, 3.8) is 0 Å². The van der Waals surface area contributed by atoms with Crippen LogP contribution < -0.4 is 10.6 Å². The van der Waals surface area contributed by atoms with Crippen molar-refractivity contribution in [3.8, 4) is 0 Å². The summed E-state index contributed by atoms with van der Waals surface area (Å²) in [5.41, 5.74) is 0.753. The Morgan fingerprint density at radius 2 is 2.03 bits per heavy atom. The first-order valence-electron chi connectivity index (χ1n) is 8.97. The van der Waals surface area contributed by atoms with E-state index >= 15 is 0 Å². The average Bonchev–Trinajstić information content (AvgIpc) is 3.36. The number of carbonyl (C=O) groups is 1. The quantitative estimate of drug-likeness (QED) is 0.310. The van der Waals surface area contributed by atoms with Crippen molar-refractivity contribution in [2.45, 2.75) is 13.1 Å². The predicted molar refractivity (Wildman–Crippen MR) is 113 cm³/mol. The van der Waals surface area contributed by atoms with Crippen LogP contribution in [-0.2, 0) is 6.18 Å². The zero-order chi connectivity index (χ0) is 22.0. The smallest absolute Gasteiger partial charge is 0.326 e. The van der Waals surface area contributed by atoms with Gasteiger partial charge in [-0.2, -0.15) is 18.3 Å². The van der Waals surface area contributed by atoms with Gasteiger partial charge in [0.05, 0.1) is 28.0 Å². The van der Waals surface area contributed by atoms with Crippen LogP contribution in [0.15, 0.2) is 59.0 Å². The molecule has 3 N–H and O–H groups in total. The van der Waals surface area contributed by atoms with Crippen molar-refractivity contribution in [3.05, 3.63) is 70.3 Å². The molecule has 158 valence electrons. The fraction of sp³-hybridized carbons (Fsp3) is 0.100. The maximum Gasteiger partial charge on any atom is 0.416 e. The first-order chi connectivity index (χ1) is 14.8. The normalized spacial score (nSPS) is 12.2. The number of H-pyrrole nitrogens is 1. The van der Waals surface area contributed by atoms with E-state index in [9.17, 15) is 18.0 Å². The van der Waals surface area contributed by atoms with Crippen molar-refractivity contribution < 1.29 is 18.0 Å². The number of anilines is 1. The number of guanidine groups is 1. The lowest BCUT2D eigenvalue weighted by molar-refractivity contribution is -0.137. The Balaban J connectivity index is 1.67. The molecule has 0 atom stereocenters. The molecule has 31 heavy (non-hydrogen) atoms. The number of hydrogen-bond donors (Lipinski definition) is 3. The number of aromatic nitrogens is 3. The van der Waals surface area contributed by atoms with E-state index in [1.807, 2.05) is 0 Å². The standard InChI is InChI=1S/C20H15F3N6OS/c1-11-25-17(10-31-11)18(30)28-19(26-14-4-2-3-13(8-14)20(21,22)23)27-15-5-6-16-12(7-15)9-24-29-16/h2-10H,1H3,(H,24,29)(H2,26,27,28,30). The van der Waals surface area contributed by atoms with Crippen LogP contribution >= 0.6 is 11.3 Å². The summed E-state index contributed by atoms with van der Waals surface area (Å²) in [6.45, 7) is 1.76. The molecule has 0 bridgehead atoms. The van der Waals surface area contributed by atoms with Gasteiger partial charge in [-0.05, 0) is 43.3 Å². The van der Waals surface area contributed by atoms with Gasteiger partial charge < -0.3 is 5.32 Å². The molecule has 1 amide bonds. The molecule has 0 spiro atoms. The first kappa shape index (κ1) is 20.5. The molecular formula is C20H15F3N6OS. The summed E-state index contributed by atoms with van der Waals surface area (Å²) < 4.78 is 39.2. The summed E-state index contributed by atoms with van der Waals surface area (Å²) in [4.78, 5) is 21.1. The van der Waals surface area contributed by atoms with Crippen molar-refractivity contribution in [1.29, 1.82) is 0 Å². The van der Waals surface area contributed by atoms with Crippen LogP contribution in [0.4, 0.5) is 24.5 Å². The molecule has 0 aliphatic heterocycles. The lowest BCUT2D eigenvalue weighted by Gasteiger charge is -2.13. The second-order valence-electron chi connectivity index (χ2n) is 6.51. The molecule has 2 aromatic heterocycles. The average molecular weight is 444 g/mol. The zero-order valence-electron chi connectivity index (χ0n) is 16.0. The summed E-state index contributed by atoms with van der Waals surface area (Å²) in [5, 5.41) is 15.2. The summed E-state index contributed by atoms with van der Waals surface area (Å²) in [6, 6.07) is 9.79. The van der Waals surface area contributed by atoms with Crippen LogP contribution in [0.25, 0.3) is 10.9 Å². The number of alkyl halides is 3. The van der Waals surface area contributed by atoms with Gasteiger partial charge >= 0.3 is 6.18 Å². The molecule has 0 unspecified atom stereocenters. The Morgan fingerprint density at radius 3 is 2.77 bits per heavy atom. The molecular weight excluding hydrogens is 429 g/mol. The highest BCUT2D eigenvalue weighted by atomic mass is 32.1. The molecule has 2 aromatic carbocycles. The molecule has 11 heteroatoms. The predicted octanol–water partition coefficient (Wildman–Crippen LogP) is 4.88. The summed E-state index contributed by atoms with van der Waals surface area (Å²) in [6.07, 6.45) is -2.88. The van der Waals surface area contributed by atoms with Crippen LogP contribution in [0.3, 0.4) is 0 Å². The van der Waals surface area contributed by atoms with Crippen LogP contribution in [-0.4, -0.2) is 27.0 Å². The van der Waals surface area contributed by atoms with Crippen LogP contribution in [0.5, 0.6) is 0 Å². The Hall–Kier alpha value is -3.73. The second-order valence-corrected chi connectivity index (χ2v) is 7.57. The molecule has 0 fully saturated rings. The first-order valence-corrected chi connectivity index (χ1v) is 9.85. The van der Waals surface area contributed by atoms with E-state index in [4.69, 9.17) is 0 Å². The van der Waals surface area contributed by atoms with Crippen LogP contribution in [0, 0.1) is 6.92 Å². The molecule has 0 saturated carbocycles. The molecule has 4 rings (SSSR count). The SMILES string of the molecule is Cc1nc(C(=O)NC(=Nc2ccc3[nH]ncc3c2)Nc2cccc(C(F)(F)F)c2)cs1. The van der Waals surface area contributed by atoms with Crippen molar-refractivity contribution in [2.24, 2.45) is 4.99 Å². The summed E-state index contributed by atoms with van der Waals surface area (Å²) in [7, 11) is 0. The Labute approximate surface area is 178 Å². The molecule has 0 radical (unpaired) electrons. The maximum atomic E-state index is 13.1. The lowest BCUT2D eigenvalue weighted by atomic mass is 10.2. The monoisotopic (exact) mass is 444 g/mol. The number of fused-ring (bicyclic) bond motifs is 1. The van der Waals surface area contributed by atoms with Crippen molar-refractivity contribution in [1.82, 2.24) is 20.5 Å². The van der Waals surface area contributed by atoms with Crippen molar-refractivity contribution >= 4 is 45.5 Å². The maximum absolute atomic E-state index is 13.1. The van der Waals surface area contributed by atoms with Gasteiger partial charge in [-0.1, -0.05) is 6.07 Å². The fourth-order valence-electron chi connectivity index (χ4n) is 2.77. The number of aryl methyl sites for hydroxylation is 1. The molecule has 4 aromatic rings. The van der Waals surface area contributed by atoms with Gasteiger partial charge in [0.2, 0.25) is 5.96 Å². The van der Waals surface area contributed by atoms with Gasteiger partial charge in [-0.15, -0.1) is 11.3 Å². The minimum absolute atomic E-state index is 0.0437. The van der Waals surface area contributed by atoms with E-state index in [0.29, 0.717) is 10.7 Å². The molecule has 2 heterocycles. The van der Waals surface area contributed by atoms with Gasteiger partial charge in [0.25, 0.3) is 5.91 Å². The summed E-state index contributed by atoms with van der Waals surface area (Å²) >= 11 is 1.31. The third-order valence-electron chi connectivity index (χ3n) is 4.20. The molecule has 0 aliphatic rings. The Bertz CT molecular complexity index is 1280. The number of aliphatic imine (C=N–C) groups is 1. The van der Waals surface area contributed by atoms with Gasteiger partial charge in [-0.25, -0.2) is 9.98 Å². The number of nitrogens with one attached hydrogen (secondary N) is 3. The number of amides is 1. The van der Waals surface area contributed by atoms with Crippen LogP contribution in [0.2, 0.25) is 0 Å². The van der Waals surface area contributed by atoms with Crippen LogP contribution in [0.1, 0.15) is 21.1 Å². The number of thiazole rings is 1. The number of hydrogen-bond acceptors (Lipinski definition) is 5. The van der Waals surface area contributed by atoms with Gasteiger partial charge in [0.1, 0.15) is 5.69 Å². The Kier molecular flexibility index (Phi) is 5.42. The Morgan fingerprint density at radius 1 is 1.19 bits per heavy atom. The van der Waals surface area contributed by atoms with E-state index in [0.717, 1.165) is 23.0 Å². The number of halogens is 3. The van der Waals surface area contributed by atoms with Crippen molar-refractivity contribution in [2.75, 3.05) is 5.32 Å². The third kappa shape index (κ3) is 4.89. The largest absolute Gasteiger partial charge is 0.416 e. The minimum atomic E-state index is -4.50. The fourth-order valence-corrected chi connectivity index (χ4v) is 3.36. The third-order valence-corrected chi connectivity index (χ3v) is 4.97. The second kappa shape index (κ2) is 8.19. The van der Waals surface area contributed by atoms with E-state index in [2.05, 4.69) is 30.8 Å². The number of rotatable bonds is 3. The number of aromatic amines is 1. The topological polar surface area (TPSA) is 95.1 Å². The summed E-state index contributed by atoms with van der Waals surface area (Å²) in [5.74, 6) is -0.579. The van der Waals surface area contributed by atoms with E-state index in [1.165, 1.54) is 23.5 Å². The lowest BCUT2D eigenvalue weighted by Crippen LogP contribution is -2.36. The highest BCUT2D eigenvalue weighted by Crippen LogP contribution is 2.30. The zero-order valence-corrected chi connectivity index (χ0v) is 16.8. The highest BCUT2D eigenvalue weighted by molar-refractivity contribution is 7.09. The van der Waals surface area contributed by atoms with Gasteiger partial charge in [0, 0.05) is 16.5 Å². The van der Waals surface area contributed by atoms with E-state index in [-0.39, 0.29) is 17.3 Å². The van der Waals surface area contributed by atoms with Gasteiger partial charge in [-0.3, -0.25) is 15.2 Å². The minimum Gasteiger partial charge on any atom is -0.326 e. The van der Waals surface area contributed by atoms with E-state index < -0.39 is 17.6 Å². The molecule has 0 aliphatic carbocycles. The van der Waals surface area contributed by atoms with E-state index in [1.54, 1.807) is 36.7 Å². The molecule has 0 saturated heterocycles. The number of benzene rings is 2. The number of carbonyl (C=O) groups excluding carboxylic acids is 1. The highest BCUT2D eigenvalue weighted by Gasteiger charge is 2.30.